The second-order valence-corrected chi connectivity index (χ2v) is 3.29. The predicted molar refractivity (Wildman–Crippen MR) is 50.2 cm³/mol. The summed E-state index contributed by atoms with van der Waals surface area (Å²) in [4.78, 5) is 0. The van der Waals surface area contributed by atoms with E-state index in [-0.39, 0.29) is 6.23 Å². The molecule has 2 rings (SSSR count). The van der Waals surface area contributed by atoms with Crippen molar-refractivity contribution in [1.29, 1.82) is 0 Å². The zero-order valence-corrected chi connectivity index (χ0v) is 7.69. The molecule has 4 heteroatoms. The fourth-order valence-corrected chi connectivity index (χ4v) is 1.44. The van der Waals surface area contributed by atoms with E-state index in [0.29, 0.717) is 10.9 Å². The number of rotatable bonds is 1. The van der Waals surface area contributed by atoms with Gasteiger partial charge in [-0.05, 0) is 12.1 Å². The molecule has 0 aliphatic carbocycles. The maximum atomic E-state index is 5.77. The third kappa shape index (κ3) is 1.32. The predicted octanol–water partition coefficient (Wildman–Crippen LogP) is 2.71. The molecule has 1 unspecified atom stereocenters. The Bertz CT molecular complexity index is 303. The summed E-state index contributed by atoms with van der Waals surface area (Å²) in [6.07, 6.45) is -0.125. The minimum absolute atomic E-state index is 0.125. The van der Waals surface area contributed by atoms with Crippen LogP contribution in [-0.2, 0) is 0 Å². The summed E-state index contributed by atoms with van der Waals surface area (Å²) in [7, 11) is 0. The van der Waals surface area contributed by atoms with Crippen molar-refractivity contribution in [3.8, 4) is 5.75 Å². The Hall–Kier alpha value is -0.600. The molecule has 1 heterocycles. The Morgan fingerprint density at radius 2 is 2.33 bits per heavy atom. The molecule has 0 radical (unpaired) electrons. The van der Waals surface area contributed by atoms with Gasteiger partial charge >= 0.3 is 0 Å². The van der Waals surface area contributed by atoms with Gasteiger partial charge < -0.3 is 10.1 Å². The van der Waals surface area contributed by atoms with Crippen molar-refractivity contribution in [2.24, 2.45) is 0 Å². The Labute approximate surface area is 80.4 Å². The second-order valence-electron chi connectivity index (χ2n) is 2.55. The normalized spacial score (nSPS) is 19.7. The van der Waals surface area contributed by atoms with Gasteiger partial charge in [-0.3, -0.25) is 0 Å². The lowest BCUT2D eigenvalue weighted by molar-refractivity contribution is 0.278. The van der Waals surface area contributed by atoms with E-state index in [4.69, 9.17) is 27.9 Å². The highest BCUT2D eigenvalue weighted by molar-refractivity contribution is 6.30. The van der Waals surface area contributed by atoms with Crippen molar-refractivity contribution < 1.29 is 4.74 Å². The van der Waals surface area contributed by atoms with Crippen LogP contribution < -0.4 is 10.1 Å². The zero-order chi connectivity index (χ0) is 8.55. The van der Waals surface area contributed by atoms with Crippen LogP contribution in [0.1, 0.15) is 0 Å². The van der Waals surface area contributed by atoms with Gasteiger partial charge in [-0.2, -0.15) is 0 Å². The van der Waals surface area contributed by atoms with Gasteiger partial charge in [0, 0.05) is 11.1 Å². The third-order valence-corrected chi connectivity index (χ3v) is 2.18. The molecular formula is C8H7Cl2NO. The molecule has 1 atom stereocenters. The van der Waals surface area contributed by atoms with E-state index in [9.17, 15) is 0 Å². The van der Waals surface area contributed by atoms with Crippen molar-refractivity contribution in [2.75, 3.05) is 11.2 Å². The fraction of sp³-hybridized carbons (Fsp3) is 0.250. The molecule has 1 aromatic rings. The highest BCUT2D eigenvalue weighted by Crippen LogP contribution is 2.34. The van der Waals surface area contributed by atoms with Gasteiger partial charge in [-0.25, -0.2) is 0 Å². The van der Waals surface area contributed by atoms with Crippen molar-refractivity contribution in [3.63, 3.8) is 0 Å². The molecular weight excluding hydrogens is 197 g/mol. The molecule has 0 saturated carbocycles. The van der Waals surface area contributed by atoms with Gasteiger partial charge in [0.05, 0.1) is 11.6 Å². The molecule has 0 saturated heterocycles. The third-order valence-electron chi connectivity index (χ3n) is 1.67. The van der Waals surface area contributed by atoms with Crippen LogP contribution in [0.4, 0.5) is 5.69 Å². The van der Waals surface area contributed by atoms with Crippen LogP contribution in [0.2, 0.25) is 5.02 Å². The first-order valence-electron chi connectivity index (χ1n) is 3.58. The van der Waals surface area contributed by atoms with E-state index in [2.05, 4.69) is 5.32 Å². The Kier molecular flexibility index (Phi) is 2.03. The number of alkyl halides is 1. The van der Waals surface area contributed by atoms with Crippen LogP contribution in [0.5, 0.6) is 5.75 Å². The molecule has 1 aliphatic rings. The fourth-order valence-electron chi connectivity index (χ4n) is 1.14. The average molecular weight is 204 g/mol. The van der Waals surface area contributed by atoms with Crippen LogP contribution >= 0.6 is 23.2 Å². The lowest BCUT2D eigenvalue weighted by Crippen LogP contribution is -2.21. The number of nitrogens with one attached hydrogen (secondary N) is 1. The van der Waals surface area contributed by atoms with Crippen LogP contribution in [-0.4, -0.2) is 12.1 Å². The van der Waals surface area contributed by atoms with Crippen molar-refractivity contribution >= 4 is 28.9 Å². The van der Waals surface area contributed by atoms with E-state index in [0.717, 1.165) is 11.4 Å². The van der Waals surface area contributed by atoms with E-state index < -0.39 is 0 Å². The number of ether oxygens (including phenoxy) is 1. The smallest absolute Gasteiger partial charge is 0.183 e. The number of hydrogen-bond acceptors (Lipinski definition) is 2. The van der Waals surface area contributed by atoms with Crippen LogP contribution in [0.15, 0.2) is 18.2 Å². The lowest BCUT2D eigenvalue weighted by Gasteiger charge is -2.04. The summed E-state index contributed by atoms with van der Waals surface area (Å²) in [5, 5.41) is 3.77. The van der Waals surface area contributed by atoms with Gasteiger partial charge in [0.15, 0.2) is 6.23 Å². The summed E-state index contributed by atoms with van der Waals surface area (Å²) in [6.45, 7) is 0. The van der Waals surface area contributed by atoms with Crippen LogP contribution in [0.25, 0.3) is 0 Å². The summed E-state index contributed by atoms with van der Waals surface area (Å²) < 4.78 is 5.41. The molecule has 2 nitrogen and oxygen atoms in total. The first-order valence-corrected chi connectivity index (χ1v) is 4.49. The lowest BCUT2D eigenvalue weighted by atomic mass is 10.3. The SMILES string of the molecule is ClCC1Nc2ccc(Cl)cc2O1. The first-order chi connectivity index (χ1) is 5.79. The van der Waals surface area contributed by atoms with Gasteiger partial charge in [-0.15, -0.1) is 11.6 Å². The maximum Gasteiger partial charge on any atom is 0.183 e. The summed E-state index contributed by atoms with van der Waals surface area (Å²) in [5.74, 6) is 1.19. The molecule has 1 aromatic carbocycles. The topological polar surface area (TPSA) is 21.3 Å². The monoisotopic (exact) mass is 203 g/mol. The minimum Gasteiger partial charge on any atom is -0.467 e. The largest absolute Gasteiger partial charge is 0.467 e. The number of benzene rings is 1. The molecule has 64 valence electrons. The minimum atomic E-state index is -0.125. The molecule has 0 aromatic heterocycles. The van der Waals surface area contributed by atoms with Crippen LogP contribution in [0, 0.1) is 0 Å². The standard InChI is InChI=1S/C8H7Cl2NO/c9-4-8-11-6-2-1-5(10)3-7(6)12-8/h1-3,8,11H,4H2. The van der Waals surface area contributed by atoms with E-state index in [1.807, 2.05) is 12.1 Å². The highest BCUT2D eigenvalue weighted by Gasteiger charge is 2.20. The Morgan fingerprint density at radius 3 is 3.08 bits per heavy atom. The van der Waals surface area contributed by atoms with E-state index in [1.54, 1.807) is 6.07 Å². The molecule has 0 spiro atoms. The Morgan fingerprint density at radius 1 is 1.50 bits per heavy atom. The number of anilines is 1. The Balaban J connectivity index is 2.30. The maximum absolute atomic E-state index is 5.77. The quantitative estimate of drug-likeness (QED) is 0.710. The number of halogens is 2. The highest BCUT2D eigenvalue weighted by atomic mass is 35.5. The van der Waals surface area contributed by atoms with Gasteiger partial charge in [0.25, 0.3) is 0 Å². The summed E-state index contributed by atoms with van der Waals surface area (Å²) in [5.41, 5.74) is 0.949. The van der Waals surface area contributed by atoms with Crippen molar-refractivity contribution in [2.45, 2.75) is 6.23 Å². The molecule has 0 bridgehead atoms. The molecule has 1 aliphatic heterocycles. The van der Waals surface area contributed by atoms with Gasteiger partial charge in [-0.1, -0.05) is 11.6 Å². The molecule has 0 fully saturated rings. The van der Waals surface area contributed by atoms with E-state index >= 15 is 0 Å². The van der Waals surface area contributed by atoms with Crippen LogP contribution in [0.3, 0.4) is 0 Å². The van der Waals surface area contributed by atoms with E-state index in [1.165, 1.54) is 0 Å². The number of fused-ring (bicyclic) bond motifs is 1. The molecule has 12 heavy (non-hydrogen) atoms. The first kappa shape index (κ1) is 8.02. The van der Waals surface area contributed by atoms with Crippen molar-refractivity contribution in [1.82, 2.24) is 0 Å². The molecule has 1 N–H and O–H groups in total. The molecule has 0 amide bonds. The second kappa shape index (κ2) is 3.04. The van der Waals surface area contributed by atoms with Gasteiger partial charge in [0.2, 0.25) is 0 Å². The number of hydrogen-bond donors (Lipinski definition) is 1. The van der Waals surface area contributed by atoms with Gasteiger partial charge in [0.1, 0.15) is 5.75 Å². The average Bonchev–Trinajstić information content (AvgIpc) is 2.46. The summed E-state index contributed by atoms with van der Waals surface area (Å²) >= 11 is 11.4. The van der Waals surface area contributed by atoms with Crippen molar-refractivity contribution in [3.05, 3.63) is 23.2 Å². The summed E-state index contributed by atoms with van der Waals surface area (Å²) in [6, 6.07) is 5.47. The zero-order valence-electron chi connectivity index (χ0n) is 6.18.